The lowest BCUT2D eigenvalue weighted by Crippen LogP contribution is -2.56. The van der Waals surface area contributed by atoms with Crippen LogP contribution < -0.4 is 0 Å². The molecule has 1 amide bonds. The Morgan fingerprint density at radius 2 is 2.00 bits per heavy atom. The summed E-state index contributed by atoms with van der Waals surface area (Å²) >= 11 is 0. The summed E-state index contributed by atoms with van der Waals surface area (Å²) in [6.07, 6.45) is 4.72. The second kappa shape index (κ2) is 6.41. The van der Waals surface area contributed by atoms with Crippen LogP contribution in [-0.4, -0.2) is 59.8 Å². The summed E-state index contributed by atoms with van der Waals surface area (Å²) in [5, 5.41) is 8.51. The summed E-state index contributed by atoms with van der Waals surface area (Å²) < 4.78 is 22.1. The molecule has 10 heteroatoms. The highest BCUT2D eigenvalue weighted by atomic mass is 19.1. The molecule has 5 heterocycles. The van der Waals surface area contributed by atoms with Crippen LogP contribution in [0.15, 0.2) is 30.7 Å². The van der Waals surface area contributed by atoms with Crippen LogP contribution in [0.4, 0.5) is 4.39 Å². The van der Waals surface area contributed by atoms with E-state index in [1.807, 2.05) is 4.57 Å². The molecule has 1 saturated heterocycles. The number of carbonyl (C=O) groups is 1. The predicted octanol–water partition coefficient (Wildman–Crippen LogP) is 1.17. The van der Waals surface area contributed by atoms with Gasteiger partial charge in [-0.05, 0) is 19.1 Å². The van der Waals surface area contributed by atoms with E-state index in [9.17, 15) is 9.18 Å². The molecule has 0 saturated carbocycles. The number of carbonyl (C=O) groups excluding carboxylic acids is 1. The van der Waals surface area contributed by atoms with E-state index >= 15 is 0 Å². The molecular weight excluding hydrogens is 365 g/mol. The average Bonchev–Trinajstić information content (AvgIpc) is 3.13. The molecule has 142 valence electrons. The molecule has 3 aromatic heterocycles. The predicted molar refractivity (Wildman–Crippen MR) is 93.5 cm³/mol. The smallest absolute Gasteiger partial charge is 0.258 e. The molecule has 2 bridgehead atoms. The van der Waals surface area contributed by atoms with Gasteiger partial charge in [-0.15, -0.1) is 10.2 Å². The largest absolute Gasteiger partial charge is 0.377 e. The van der Waals surface area contributed by atoms with Gasteiger partial charge in [0.2, 0.25) is 5.82 Å². The summed E-state index contributed by atoms with van der Waals surface area (Å²) in [6, 6.07) is 2.40. The monoisotopic (exact) mass is 381 g/mol. The number of pyridine rings is 1. The van der Waals surface area contributed by atoms with Crippen molar-refractivity contribution in [3.63, 3.8) is 0 Å². The first kappa shape index (κ1) is 16.9. The highest BCUT2D eigenvalue weighted by Gasteiger charge is 2.44. The van der Waals surface area contributed by atoms with E-state index in [1.165, 1.54) is 19.2 Å². The standard InChI is InChI=1S/C18H16FN7O2/c1-10-14(19)12(3-6-20-10)18(27)26-11-7-25-16(13(26)9-28-8-11)23-24-17(25)15-21-4-2-5-22-15/h2-6,11,13H,7-9H2,1H3/t11-,13-/m1/s1. The van der Waals surface area contributed by atoms with Crippen LogP contribution in [-0.2, 0) is 11.3 Å². The number of halogens is 1. The van der Waals surface area contributed by atoms with Crippen molar-refractivity contribution in [3.05, 3.63) is 53.6 Å². The SMILES string of the molecule is Cc1nccc(C(=O)N2[C@H]3COC[C@@H]2c2nnc(-c4ncccn4)n2C3)c1F. The van der Waals surface area contributed by atoms with Crippen LogP contribution >= 0.6 is 0 Å². The van der Waals surface area contributed by atoms with E-state index in [2.05, 4.69) is 25.1 Å². The molecule has 0 radical (unpaired) electrons. The summed E-state index contributed by atoms with van der Waals surface area (Å²) in [6.45, 7) is 2.57. The molecule has 2 aliphatic heterocycles. The second-order valence-electron chi connectivity index (χ2n) is 6.74. The molecule has 0 N–H and O–H groups in total. The zero-order chi connectivity index (χ0) is 19.3. The van der Waals surface area contributed by atoms with Gasteiger partial charge in [-0.1, -0.05) is 0 Å². The molecule has 0 aliphatic carbocycles. The summed E-state index contributed by atoms with van der Waals surface area (Å²) in [7, 11) is 0. The van der Waals surface area contributed by atoms with Gasteiger partial charge >= 0.3 is 0 Å². The van der Waals surface area contributed by atoms with Crippen molar-refractivity contribution in [1.82, 2.24) is 34.6 Å². The molecule has 3 aromatic rings. The molecule has 2 atom stereocenters. The third-order valence-electron chi connectivity index (χ3n) is 5.08. The first-order chi connectivity index (χ1) is 13.6. The third kappa shape index (κ3) is 2.48. The number of fused-ring (bicyclic) bond motifs is 4. The van der Waals surface area contributed by atoms with Gasteiger partial charge in [-0.2, -0.15) is 0 Å². The van der Waals surface area contributed by atoms with E-state index in [-0.39, 0.29) is 23.9 Å². The molecule has 0 unspecified atom stereocenters. The van der Waals surface area contributed by atoms with Crippen LogP contribution in [0, 0.1) is 12.7 Å². The van der Waals surface area contributed by atoms with Crippen LogP contribution in [0.5, 0.6) is 0 Å². The normalized spacial score (nSPS) is 20.7. The number of hydrogen-bond acceptors (Lipinski definition) is 7. The topological polar surface area (TPSA) is 98.9 Å². The molecule has 0 spiro atoms. The molecule has 28 heavy (non-hydrogen) atoms. The Kier molecular flexibility index (Phi) is 3.86. The van der Waals surface area contributed by atoms with E-state index in [0.29, 0.717) is 30.6 Å². The Bertz CT molecular complexity index is 1060. The highest BCUT2D eigenvalue weighted by molar-refractivity contribution is 5.95. The van der Waals surface area contributed by atoms with Gasteiger partial charge in [0, 0.05) is 25.1 Å². The van der Waals surface area contributed by atoms with Gasteiger partial charge in [0.05, 0.1) is 30.5 Å². The highest BCUT2D eigenvalue weighted by Crippen LogP contribution is 2.35. The van der Waals surface area contributed by atoms with Gasteiger partial charge in [0.15, 0.2) is 17.5 Å². The fourth-order valence-corrected chi connectivity index (χ4v) is 3.76. The van der Waals surface area contributed by atoms with Crippen LogP contribution in [0.2, 0.25) is 0 Å². The average molecular weight is 381 g/mol. The van der Waals surface area contributed by atoms with Crippen molar-refractivity contribution in [2.45, 2.75) is 25.6 Å². The number of nitrogens with zero attached hydrogens (tertiary/aromatic N) is 7. The van der Waals surface area contributed by atoms with Crippen molar-refractivity contribution in [1.29, 1.82) is 0 Å². The number of rotatable bonds is 2. The quantitative estimate of drug-likeness (QED) is 0.657. The lowest BCUT2D eigenvalue weighted by Gasteiger charge is -2.45. The van der Waals surface area contributed by atoms with Gasteiger partial charge in [0.25, 0.3) is 5.91 Å². The maximum absolute atomic E-state index is 14.5. The lowest BCUT2D eigenvalue weighted by molar-refractivity contribution is -0.0571. The number of morpholine rings is 1. The van der Waals surface area contributed by atoms with Crippen molar-refractivity contribution in [3.8, 4) is 11.6 Å². The van der Waals surface area contributed by atoms with Crippen molar-refractivity contribution in [2.24, 2.45) is 0 Å². The van der Waals surface area contributed by atoms with E-state index in [1.54, 1.807) is 23.4 Å². The number of aromatic nitrogens is 6. The maximum atomic E-state index is 14.5. The first-order valence-corrected chi connectivity index (χ1v) is 8.87. The summed E-state index contributed by atoms with van der Waals surface area (Å²) in [5.74, 6) is 0.601. The minimum Gasteiger partial charge on any atom is -0.377 e. The van der Waals surface area contributed by atoms with Gasteiger partial charge in [0.1, 0.15) is 6.04 Å². The van der Waals surface area contributed by atoms with Gasteiger partial charge < -0.3 is 14.2 Å². The zero-order valence-electron chi connectivity index (χ0n) is 15.0. The fraction of sp³-hybridized carbons (Fsp3) is 0.333. The van der Waals surface area contributed by atoms with Crippen LogP contribution in [0.1, 0.15) is 27.9 Å². The second-order valence-corrected chi connectivity index (χ2v) is 6.74. The number of ether oxygens (including phenoxy) is 1. The van der Waals surface area contributed by atoms with Crippen LogP contribution in [0.25, 0.3) is 11.6 Å². The fourth-order valence-electron chi connectivity index (χ4n) is 3.76. The molecular formula is C18H16FN7O2. The zero-order valence-corrected chi connectivity index (χ0v) is 15.0. The molecule has 1 fully saturated rings. The van der Waals surface area contributed by atoms with E-state index in [4.69, 9.17) is 4.74 Å². The molecule has 9 nitrogen and oxygen atoms in total. The third-order valence-corrected chi connectivity index (χ3v) is 5.08. The first-order valence-electron chi connectivity index (χ1n) is 8.87. The Labute approximate surface area is 159 Å². The van der Waals surface area contributed by atoms with Gasteiger partial charge in [-0.3, -0.25) is 9.78 Å². The minimum atomic E-state index is -0.600. The van der Waals surface area contributed by atoms with E-state index < -0.39 is 17.8 Å². The molecule has 0 aromatic carbocycles. The Morgan fingerprint density at radius 1 is 1.18 bits per heavy atom. The van der Waals surface area contributed by atoms with Crippen molar-refractivity contribution < 1.29 is 13.9 Å². The Morgan fingerprint density at radius 3 is 2.82 bits per heavy atom. The Balaban J connectivity index is 1.56. The number of amides is 1. The van der Waals surface area contributed by atoms with Crippen molar-refractivity contribution >= 4 is 5.91 Å². The number of aryl methyl sites for hydroxylation is 1. The van der Waals surface area contributed by atoms with Crippen molar-refractivity contribution in [2.75, 3.05) is 13.2 Å². The summed E-state index contributed by atoms with van der Waals surface area (Å²) in [5.41, 5.74) is 0.194. The Hall–Kier alpha value is -3.27. The minimum absolute atomic E-state index is 0.00369. The van der Waals surface area contributed by atoms with Crippen LogP contribution in [0.3, 0.4) is 0 Å². The summed E-state index contributed by atoms with van der Waals surface area (Å²) in [4.78, 5) is 27.2. The van der Waals surface area contributed by atoms with Gasteiger partial charge in [-0.25, -0.2) is 14.4 Å². The lowest BCUT2D eigenvalue weighted by atomic mass is 10.0. The van der Waals surface area contributed by atoms with E-state index in [0.717, 1.165) is 0 Å². The number of hydrogen-bond donors (Lipinski definition) is 0. The molecule has 2 aliphatic rings. The molecule has 5 rings (SSSR count). The maximum Gasteiger partial charge on any atom is 0.258 e.